The fourth-order valence-electron chi connectivity index (χ4n) is 8.61. The first-order valence-electron chi connectivity index (χ1n) is 14.4. The summed E-state index contributed by atoms with van der Waals surface area (Å²) in [4.78, 5) is 0. The molecule has 4 fully saturated rings. The molecule has 0 aliphatic heterocycles. The first kappa shape index (κ1) is 23.2. The minimum atomic E-state index is 0.532. The van der Waals surface area contributed by atoms with Crippen molar-refractivity contribution in [1.29, 1.82) is 0 Å². The fourth-order valence-corrected chi connectivity index (χ4v) is 8.61. The van der Waals surface area contributed by atoms with Crippen LogP contribution in [0.3, 0.4) is 0 Å². The summed E-state index contributed by atoms with van der Waals surface area (Å²) in [6.07, 6.45) is 26.4. The molecule has 0 radical (unpaired) electrons. The second kappa shape index (κ2) is 10.3. The Kier molecular flexibility index (Phi) is 7.95. The first-order chi connectivity index (χ1) is 14.4. The van der Waals surface area contributed by atoms with Crippen LogP contribution in [0.4, 0.5) is 0 Å². The maximum Gasteiger partial charge on any atom is -0.0352 e. The molecule has 0 spiro atoms. The molecular weight excluding hydrogens is 360 g/mol. The van der Waals surface area contributed by atoms with E-state index in [1.54, 1.807) is 70.6 Å². The third kappa shape index (κ3) is 5.86. The van der Waals surface area contributed by atoms with Gasteiger partial charge in [-0.3, -0.25) is 0 Å². The van der Waals surface area contributed by atoms with Crippen molar-refractivity contribution < 1.29 is 0 Å². The zero-order valence-electron chi connectivity index (χ0n) is 21.1. The highest BCUT2D eigenvalue weighted by Gasteiger charge is 2.43. The minimum absolute atomic E-state index is 0.532. The van der Waals surface area contributed by atoms with Crippen molar-refractivity contribution in [3.63, 3.8) is 0 Å². The topological polar surface area (TPSA) is 0 Å². The van der Waals surface area contributed by atoms with Crippen molar-refractivity contribution in [2.75, 3.05) is 0 Å². The summed E-state index contributed by atoms with van der Waals surface area (Å²) in [6, 6.07) is 0. The summed E-state index contributed by atoms with van der Waals surface area (Å²) in [5.41, 5.74) is 0.532. The smallest absolute Gasteiger partial charge is 0.0352 e. The molecule has 174 valence electrons. The Morgan fingerprint density at radius 1 is 0.633 bits per heavy atom. The molecule has 0 aromatic rings. The number of hydrogen-bond acceptors (Lipinski definition) is 0. The molecule has 0 bridgehead atoms. The van der Waals surface area contributed by atoms with E-state index in [-0.39, 0.29) is 0 Å². The van der Waals surface area contributed by atoms with Gasteiger partial charge in [0.25, 0.3) is 0 Å². The summed E-state index contributed by atoms with van der Waals surface area (Å²) >= 11 is 0. The van der Waals surface area contributed by atoms with Crippen LogP contribution in [0, 0.1) is 52.8 Å². The van der Waals surface area contributed by atoms with E-state index in [2.05, 4.69) is 27.7 Å². The van der Waals surface area contributed by atoms with E-state index in [0.29, 0.717) is 5.41 Å². The zero-order chi connectivity index (χ0) is 21.1. The molecule has 0 aromatic heterocycles. The second-order valence-electron chi connectivity index (χ2n) is 13.7. The molecule has 4 rings (SSSR count). The lowest BCUT2D eigenvalue weighted by Crippen LogP contribution is -2.31. The monoisotopic (exact) mass is 414 g/mol. The van der Waals surface area contributed by atoms with Crippen molar-refractivity contribution in [2.45, 2.75) is 137 Å². The van der Waals surface area contributed by atoms with Gasteiger partial charge in [-0.15, -0.1) is 0 Å². The van der Waals surface area contributed by atoms with Crippen molar-refractivity contribution >= 4 is 0 Å². The van der Waals surface area contributed by atoms with Gasteiger partial charge in [0.2, 0.25) is 0 Å². The highest BCUT2D eigenvalue weighted by Crippen LogP contribution is 2.53. The Balaban J connectivity index is 1.34. The molecule has 0 heterocycles. The highest BCUT2D eigenvalue weighted by atomic mass is 14.5. The van der Waals surface area contributed by atoms with Gasteiger partial charge in [-0.25, -0.2) is 0 Å². The van der Waals surface area contributed by atoms with Crippen LogP contribution in [0.2, 0.25) is 0 Å². The SMILES string of the molecule is CC1CCC(CCC2CCC(C3CCC(C(C)(C)C)CC3)C2CC2CCCC2)CC1. The Morgan fingerprint density at radius 3 is 1.93 bits per heavy atom. The molecule has 4 aliphatic rings. The van der Waals surface area contributed by atoms with E-state index in [4.69, 9.17) is 0 Å². The lowest BCUT2D eigenvalue weighted by molar-refractivity contribution is 0.0947. The summed E-state index contributed by atoms with van der Waals surface area (Å²) in [5, 5.41) is 0. The Morgan fingerprint density at radius 2 is 1.30 bits per heavy atom. The summed E-state index contributed by atoms with van der Waals surface area (Å²) in [5.74, 6) is 8.54. The van der Waals surface area contributed by atoms with Gasteiger partial charge in [-0.2, -0.15) is 0 Å². The van der Waals surface area contributed by atoms with Gasteiger partial charge in [0.05, 0.1) is 0 Å². The first-order valence-corrected chi connectivity index (χ1v) is 14.4. The largest absolute Gasteiger partial charge is 0.0625 e. The molecule has 4 aliphatic carbocycles. The normalized spacial score (nSPS) is 41.4. The molecule has 0 amide bonds. The van der Waals surface area contributed by atoms with E-state index >= 15 is 0 Å². The van der Waals surface area contributed by atoms with Gasteiger partial charge in [0.15, 0.2) is 0 Å². The fraction of sp³-hybridized carbons (Fsp3) is 1.00. The van der Waals surface area contributed by atoms with Crippen molar-refractivity contribution in [1.82, 2.24) is 0 Å². The molecule has 30 heavy (non-hydrogen) atoms. The van der Waals surface area contributed by atoms with Crippen LogP contribution >= 0.6 is 0 Å². The molecular formula is C30H54. The number of hydrogen-bond donors (Lipinski definition) is 0. The second-order valence-corrected chi connectivity index (χ2v) is 13.7. The minimum Gasteiger partial charge on any atom is -0.0625 e. The average molecular weight is 415 g/mol. The van der Waals surface area contributed by atoms with Gasteiger partial charge in [0.1, 0.15) is 0 Å². The Labute approximate surface area is 189 Å². The number of rotatable bonds is 6. The summed E-state index contributed by atoms with van der Waals surface area (Å²) in [7, 11) is 0. The molecule has 4 saturated carbocycles. The van der Waals surface area contributed by atoms with Crippen molar-refractivity contribution in [2.24, 2.45) is 52.8 Å². The van der Waals surface area contributed by atoms with Crippen molar-refractivity contribution in [3.8, 4) is 0 Å². The lowest BCUT2D eigenvalue weighted by Gasteiger charge is -2.41. The molecule has 0 nitrogen and oxygen atoms in total. The van der Waals surface area contributed by atoms with E-state index < -0.39 is 0 Å². The van der Waals surface area contributed by atoms with Gasteiger partial charge in [0, 0.05) is 0 Å². The van der Waals surface area contributed by atoms with Crippen LogP contribution in [-0.2, 0) is 0 Å². The Hall–Kier alpha value is 0. The van der Waals surface area contributed by atoms with Crippen LogP contribution in [0.25, 0.3) is 0 Å². The lowest BCUT2D eigenvalue weighted by atomic mass is 9.64. The summed E-state index contributed by atoms with van der Waals surface area (Å²) in [6.45, 7) is 9.93. The van der Waals surface area contributed by atoms with Gasteiger partial charge in [-0.05, 0) is 104 Å². The van der Waals surface area contributed by atoms with E-state index in [0.717, 1.165) is 47.3 Å². The molecule has 3 unspecified atom stereocenters. The van der Waals surface area contributed by atoms with E-state index in [9.17, 15) is 0 Å². The predicted octanol–water partition coefficient (Wildman–Crippen LogP) is 9.67. The van der Waals surface area contributed by atoms with Crippen LogP contribution in [0.1, 0.15) is 137 Å². The molecule has 0 aromatic carbocycles. The predicted molar refractivity (Wildman–Crippen MR) is 132 cm³/mol. The van der Waals surface area contributed by atoms with Crippen LogP contribution in [-0.4, -0.2) is 0 Å². The standard InChI is InChI=1S/C30H54/c1-22-9-11-23(12-10-22)13-14-26-17-20-28(29(26)21-24-7-5-6-8-24)25-15-18-27(19-16-25)30(2,3)4/h22-29H,5-21H2,1-4H3. The maximum absolute atomic E-state index is 2.48. The van der Waals surface area contributed by atoms with Gasteiger partial charge >= 0.3 is 0 Å². The average Bonchev–Trinajstić information content (AvgIpc) is 3.38. The van der Waals surface area contributed by atoms with Gasteiger partial charge in [-0.1, -0.05) is 85.5 Å². The summed E-state index contributed by atoms with van der Waals surface area (Å²) < 4.78 is 0. The third-order valence-corrected chi connectivity index (χ3v) is 10.8. The van der Waals surface area contributed by atoms with Crippen LogP contribution in [0.5, 0.6) is 0 Å². The van der Waals surface area contributed by atoms with E-state index in [1.165, 1.54) is 38.5 Å². The maximum atomic E-state index is 2.48. The van der Waals surface area contributed by atoms with Crippen LogP contribution in [0.15, 0.2) is 0 Å². The molecule has 3 atom stereocenters. The molecule has 0 N–H and O–H groups in total. The van der Waals surface area contributed by atoms with E-state index in [1.807, 2.05) is 0 Å². The van der Waals surface area contributed by atoms with Crippen LogP contribution < -0.4 is 0 Å². The zero-order valence-corrected chi connectivity index (χ0v) is 21.1. The highest BCUT2D eigenvalue weighted by molar-refractivity contribution is 4.93. The molecule has 0 heteroatoms. The quantitative estimate of drug-likeness (QED) is 0.405. The third-order valence-electron chi connectivity index (χ3n) is 10.8. The Bertz CT molecular complexity index is 491. The molecule has 0 saturated heterocycles. The van der Waals surface area contributed by atoms with Crippen molar-refractivity contribution in [3.05, 3.63) is 0 Å². The van der Waals surface area contributed by atoms with Gasteiger partial charge < -0.3 is 0 Å².